The SMILES string of the molecule is COc1cccc([C@@H](C)NC(C)c2cc(-c3cc(C)cc(C(=O)O)c3)c3ccccc3c2)c1. The number of carbonyl (C=O) groups is 1. The van der Waals surface area contributed by atoms with Crippen LogP contribution in [0.15, 0.2) is 78.9 Å². The highest BCUT2D eigenvalue weighted by molar-refractivity contribution is 5.99. The Morgan fingerprint density at radius 3 is 2.39 bits per heavy atom. The first kappa shape index (κ1) is 22.6. The van der Waals surface area contributed by atoms with Gasteiger partial charge in [0.05, 0.1) is 12.7 Å². The van der Waals surface area contributed by atoms with Crippen molar-refractivity contribution < 1.29 is 14.6 Å². The van der Waals surface area contributed by atoms with E-state index in [4.69, 9.17) is 4.74 Å². The fourth-order valence-corrected chi connectivity index (χ4v) is 4.36. The predicted molar refractivity (Wildman–Crippen MR) is 134 cm³/mol. The summed E-state index contributed by atoms with van der Waals surface area (Å²) in [6.45, 7) is 6.23. The number of hydrogen-bond donors (Lipinski definition) is 2. The maximum Gasteiger partial charge on any atom is 0.335 e. The first-order valence-corrected chi connectivity index (χ1v) is 11.1. The van der Waals surface area contributed by atoms with Gasteiger partial charge in [-0.3, -0.25) is 0 Å². The predicted octanol–water partition coefficient (Wildman–Crippen LogP) is 6.93. The normalized spacial score (nSPS) is 13.0. The van der Waals surface area contributed by atoms with Gasteiger partial charge < -0.3 is 15.2 Å². The molecule has 0 spiro atoms. The third-order valence-corrected chi connectivity index (χ3v) is 6.11. The molecule has 0 radical (unpaired) electrons. The molecule has 168 valence electrons. The number of nitrogens with one attached hydrogen (secondary N) is 1. The molecular formula is C29H29NO3. The van der Waals surface area contributed by atoms with Crippen molar-refractivity contribution in [2.45, 2.75) is 32.9 Å². The molecule has 0 bridgehead atoms. The average Bonchev–Trinajstić information content (AvgIpc) is 2.82. The Morgan fingerprint density at radius 2 is 1.64 bits per heavy atom. The summed E-state index contributed by atoms with van der Waals surface area (Å²) in [5.41, 5.74) is 5.49. The molecule has 4 rings (SSSR count). The quantitative estimate of drug-likeness (QED) is 0.328. The lowest BCUT2D eigenvalue weighted by molar-refractivity contribution is 0.0697. The van der Waals surface area contributed by atoms with Crippen LogP contribution in [0.25, 0.3) is 21.9 Å². The number of aryl methyl sites for hydroxylation is 1. The van der Waals surface area contributed by atoms with Crippen molar-refractivity contribution in [1.82, 2.24) is 5.32 Å². The van der Waals surface area contributed by atoms with E-state index in [0.717, 1.165) is 44.3 Å². The van der Waals surface area contributed by atoms with Crippen molar-refractivity contribution >= 4 is 16.7 Å². The number of rotatable bonds is 7. The summed E-state index contributed by atoms with van der Waals surface area (Å²) in [6.07, 6.45) is 0. The molecule has 4 aromatic carbocycles. The van der Waals surface area contributed by atoms with E-state index >= 15 is 0 Å². The maximum atomic E-state index is 11.7. The number of ether oxygens (including phenoxy) is 1. The van der Waals surface area contributed by atoms with Crippen molar-refractivity contribution in [1.29, 1.82) is 0 Å². The molecular weight excluding hydrogens is 410 g/mol. The standard InChI is InChI=1S/C29H29NO3/c1-18-12-24(15-25(13-18)29(31)32)28-17-23(14-22-8-5-6-11-27(22)28)20(3)30-19(2)21-9-7-10-26(16-21)33-4/h5-17,19-20,30H,1-4H3,(H,31,32)/t19-,20?/m1/s1. The van der Waals surface area contributed by atoms with Crippen LogP contribution in [0.5, 0.6) is 5.75 Å². The lowest BCUT2D eigenvalue weighted by atomic mass is 9.91. The third-order valence-electron chi connectivity index (χ3n) is 6.11. The molecule has 0 aliphatic rings. The molecule has 4 nitrogen and oxygen atoms in total. The van der Waals surface area contributed by atoms with E-state index in [1.807, 2.05) is 31.2 Å². The number of carboxylic acid groups (broad SMARTS) is 1. The fraction of sp³-hybridized carbons (Fsp3) is 0.207. The van der Waals surface area contributed by atoms with Crippen LogP contribution >= 0.6 is 0 Å². The third kappa shape index (κ3) is 4.91. The summed E-state index contributed by atoms with van der Waals surface area (Å²) in [5, 5.41) is 15.5. The summed E-state index contributed by atoms with van der Waals surface area (Å²) in [7, 11) is 1.68. The van der Waals surface area contributed by atoms with Crippen LogP contribution in [0.3, 0.4) is 0 Å². The van der Waals surface area contributed by atoms with E-state index in [1.165, 1.54) is 0 Å². The summed E-state index contributed by atoms with van der Waals surface area (Å²) >= 11 is 0. The van der Waals surface area contributed by atoms with E-state index in [0.29, 0.717) is 5.56 Å². The molecule has 0 amide bonds. The number of benzene rings is 4. The average molecular weight is 440 g/mol. The van der Waals surface area contributed by atoms with Crippen molar-refractivity contribution in [3.8, 4) is 16.9 Å². The van der Waals surface area contributed by atoms with Crippen molar-refractivity contribution in [2.75, 3.05) is 7.11 Å². The van der Waals surface area contributed by atoms with Crippen LogP contribution in [-0.2, 0) is 0 Å². The first-order valence-electron chi connectivity index (χ1n) is 11.1. The zero-order valence-corrected chi connectivity index (χ0v) is 19.4. The molecule has 4 heteroatoms. The Balaban J connectivity index is 1.74. The molecule has 0 aliphatic heterocycles. The van der Waals surface area contributed by atoms with Gasteiger partial charge in [0, 0.05) is 12.1 Å². The minimum atomic E-state index is -0.914. The lowest BCUT2D eigenvalue weighted by Crippen LogP contribution is -2.22. The Bertz CT molecular complexity index is 1310. The van der Waals surface area contributed by atoms with Crippen molar-refractivity contribution in [3.63, 3.8) is 0 Å². The molecule has 4 aromatic rings. The van der Waals surface area contributed by atoms with Gasteiger partial charge >= 0.3 is 5.97 Å². The second-order valence-electron chi connectivity index (χ2n) is 8.57. The van der Waals surface area contributed by atoms with Gasteiger partial charge in [0.25, 0.3) is 0 Å². The number of methoxy groups -OCH3 is 1. The number of carboxylic acids is 1. The Hall–Kier alpha value is -3.63. The highest BCUT2D eigenvalue weighted by Crippen LogP contribution is 2.34. The van der Waals surface area contributed by atoms with Gasteiger partial charge in [-0.15, -0.1) is 0 Å². The number of aromatic carboxylic acids is 1. The molecule has 2 atom stereocenters. The van der Waals surface area contributed by atoms with Gasteiger partial charge in [-0.2, -0.15) is 0 Å². The van der Waals surface area contributed by atoms with Crippen LogP contribution in [-0.4, -0.2) is 18.2 Å². The Kier molecular flexibility index (Phi) is 6.47. The highest BCUT2D eigenvalue weighted by atomic mass is 16.5. The van der Waals surface area contributed by atoms with E-state index in [9.17, 15) is 9.90 Å². The summed E-state index contributed by atoms with van der Waals surface area (Å²) < 4.78 is 5.37. The van der Waals surface area contributed by atoms with Crippen LogP contribution in [0, 0.1) is 6.92 Å². The van der Waals surface area contributed by atoms with Crippen LogP contribution in [0.1, 0.15) is 53.0 Å². The maximum absolute atomic E-state index is 11.7. The van der Waals surface area contributed by atoms with E-state index < -0.39 is 5.97 Å². The van der Waals surface area contributed by atoms with Crippen LogP contribution in [0.2, 0.25) is 0 Å². The van der Waals surface area contributed by atoms with Gasteiger partial charge in [-0.1, -0.05) is 42.5 Å². The minimum Gasteiger partial charge on any atom is -0.497 e. The number of fused-ring (bicyclic) bond motifs is 1. The van der Waals surface area contributed by atoms with Gasteiger partial charge in [-0.05, 0) is 95.8 Å². The van der Waals surface area contributed by atoms with Crippen molar-refractivity contribution in [2.24, 2.45) is 0 Å². The van der Waals surface area contributed by atoms with Crippen LogP contribution in [0.4, 0.5) is 0 Å². The molecule has 0 aromatic heterocycles. The lowest BCUT2D eigenvalue weighted by Gasteiger charge is -2.22. The smallest absolute Gasteiger partial charge is 0.335 e. The molecule has 1 unspecified atom stereocenters. The largest absolute Gasteiger partial charge is 0.497 e. The van der Waals surface area contributed by atoms with E-state index in [2.05, 4.69) is 61.6 Å². The molecule has 0 heterocycles. The first-order chi connectivity index (χ1) is 15.9. The molecule has 2 N–H and O–H groups in total. The Morgan fingerprint density at radius 1 is 0.879 bits per heavy atom. The van der Waals surface area contributed by atoms with Crippen molar-refractivity contribution in [3.05, 3.63) is 101 Å². The topological polar surface area (TPSA) is 58.6 Å². The summed E-state index contributed by atoms with van der Waals surface area (Å²) in [4.78, 5) is 11.7. The zero-order chi connectivity index (χ0) is 23.5. The summed E-state index contributed by atoms with van der Waals surface area (Å²) in [5.74, 6) is -0.0713. The fourth-order valence-electron chi connectivity index (χ4n) is 4.36. The second-order valence-corrected chi connectivity index (χ2v) is 8.57. The summed E-state index contributed by atoms with van der Waals surface area (Å²) in [6, 6.07) is 26.5. The molecule has 0 saturated carbocycles. The van der Waals surface area contributed by atoms with Gasteiger partial charge in [-0.25, -0.2) is 4.79 Å². The van der Waals surface area contributed by atoms with E-state index in [1.54, 1.807) is 19.2 Å². The van der Waals surface area contributed by atoms with Crippen LogP contribution < -0.4 is 10.1 Å². The molecule has 0 aliphatic carbocycles. The van der Waals surface area contributed by atoms with Gasteiger partial charge in [0.15, 0.2) is 0 Å². The van der Waals surface area contributed by atoms with Gasteiger partial charge in [0.1, 0.15) is 5.75 Å². The second kappa shape index (κ2) is 9.47. The minimum absolute atomic E-state index is 0.0818. The number of hydrogen-bond acceptors (Lipinski definition) is 3. The van der Waals surface area contributed by atoms with Gasteiger partial charge in [0.2, 0.25) is 0 Å². The monoisotopic (exact) mass is 439 g/mol. The highest BCUT2D eigenvalue weighted by Gasteiger charge is 2.16. The van der Waals surface area contributed by atoms with E-state index in [-0.39, 0.29) is 12.1 Å². The zero-order valence-electron chi connectivity index (χ0n) is 19.4. The molecule has 33 heavy (non-hydrogen) atoms. The molecule has 0 fully saturated rings. The molecule has 0 saturated heterocycles. The Labute approximate surface area is 194 Å².